The van der Waals surface area contributed by atoms with Crippen LogP contribution in [0, 0.1) is 0 Å². The van der Waals surface area contributed by atoms with Gasteiger partial charge in [-0.05, 0) is 56.6 Å². The summed E-state index contributed by atoms with van der Waals surface area (Å²) >= 11 is 2.03. The molecule has 0 spiro atoms. The largest absolute Gasteiger partial charge is 0.357 e. The van der Waals surface area contributed by atoms with Gasteiger partial charge in [0.05, 0.1) is 6.54 Å². The highest BCUT2D eigenvalue weighted by Gasteiger charge is 2.29. The minimum absolute atomic E-state index is 0.0389. The van der Waals surface area contributed by atoms with Crippen molar-refractivity contribution in [1.82, 2.24) is 15.5 Å². The molecule has 144 valence electrons. The summed E-state index contributed by atoms with van der Waals surface area (Å²) in [7, 11) is 3.55. The number of carbonyl (C=O) groups excluding carboxylic acids is 1. The Morgan fingerprint density at radius 1 is 1.35 bits per heavy atom. The van der Waals surface area contributed by atoms with Crippen LogP contribution in [0.15, 0.2) is 29.3 Å². The van der Waals surface area contributed by atoms with Crippen LogP contribution in [0.25, 0.3) is 0 Å². The maximum Gasteiger partial charge on any atom is 0.253 e. The molecule has 1 heterocycles. The van der Waals surface area contributed by atoms with Crippen LogP contribution in [0.5, 0.6) is 0 Å². The van der Waals surface area contributed by atoms with Crippen molar-refractivity contribution in [2.45, 2.75) is 37.9 Å². The average Bonchev–Trinajstić information content (AvgIpc) is 3.06. The van der Waals surface area contributed by atoms with Crippen LogP contribution in [0.1, 0.15) is 42.6 Å². The van der Waals surface area contributed by atoms with E-state index in [0.29, 0.717) is 0 Å². The van der Waals surface area contributed by atoms with E-state index < -0.39 is 0 Å². The first-order valence-electron chi connectivity index (χ1n) is 9.40. The Labute approximate surface area is 162 Å². The van der Waals surface area contributed by atoms with Crippen LogP contribution < -0.4 is 10.6 Å². The second-order valence-corrected chi connectivity index (χ2v) is 8.86. The summed E-state index contributed by atoms with van der Waals surface area (Å²) in [6.07, 6.45) is 3.39. The molecular weight excluding hydrogens is 344 g/mol. The lowest BCUT2D eigenvalue weighted by atomic mass is 10.1. The lowest BCUT2D eigenvalue weighted by molar-refractivity contribution is 0.0827. The van der Waals surface area contributed by atoms with E-state index in [1.54, 1.807) is 19.0 Å². The second-order valence-electron chi connectivity index (χ2n) is 7.17. The zero-order valence-corrected chi connectivity index (χ0v) is 17.3. The topological polar surface area (TPSA) is 56.7 Å². The summed E-state index contributed by atoms with van der Waals surface area (Å²) in [5, 5.41) is 6.74. The molecule has 0 bridgehead atoms. The van der Waals surface area contributed by atoms with Gasteiger partial charge in [-0.2, -0.15) is 11.8 Å². The summed E-state index contributed by atoms with van der Waals surface area (Å²) in [5.74, 6) is 2.16. The first-order chi connectivity index (χ1) is 12.4. The van der Waals surface area contributed by atoms with Gasteiger partial charge in [-0.3, -0.25) is 9.79 Å². The highest BCUT2D eigenvalue weighted by molar-refractivity contribution is 8.00. The van der Waals surface area contributed by atoms with E-state index in [9.17, 15) is 4.79 Å². The molecule has 1 unspecified atom stereocenters. The van der Waals surface area contributed by atoms with Crippen molar-refractivity contribution in [3.05, 3.63) is 35.4 Å². The lowest BCUT2D eigenvalue weighted by Gasteiger charge is -2.21. The summed E-state index contributed by atoms with van der Waals surface area (Å²) in [5.41, 5.74) is 1.89. The van der Waals surface area contributed by atoms with Gasteiger partial charge in [-0.15, -0.1) is 0 Å². The molecule has 1 amide bonds. The van der Waals surface area contributed by atoms with Gasteiger partial charge in [0.25, 0.3) is 5.91 Å². The van der Waals surface area contributed by atoms with Gasteiger partial charge in [0, 0.05) is 37.5 Å². The summed E-state index contributed by atoms with van der Waals surface area (Å²) in [4.78, 5) is 18.5. The number of amides is 1. The normalized spacial score (nSPS) is 20.1. The third-order valence-electron chi connectivity index (χ3n) is 4.50. The Morgan fingerprint density at radius 2 is 2.15 bits per heavy atom. The van der Waals surface area contributed by atoms with Crippen molar-refractivity contribution in [3.63, 3.8) is 0 Å². The van der Waals surface area contributed by atoms with Gasteiger partial charge in [0.2, 0.25) is 0 Å². The maximum atomic E-state index is 12.1. The molecule has 1 aromatic carbocycles. The molecule has 1 aliphatic rings. The average molecular weight is 377 g/mol. The van der Waals surface area contributed by atoms with Crippen molar-refractivity contribution >= 4 is 23.6 Å². The molecule has 0 aromatic heterocycles. The molecule has 1 atom stereocenters. The third kappa shape index (κ3) is 6.24. The van der Waals surface area contributed by atoms with Crippen LogP contribution in [0.3, 0.4) is 0 Å². The molecule has 1 fully saturated rings. The number of nitrogens with zero attached hydrogens (tertiary/aromatic N) is 2. The third-order valence-corrected chi connectivity index (χ3v) is 6.03. The standard InChI is InChI=1S/C20H32N4OS/c1-5-21-19(23-15-20(2)11-7-13-26-20)22-12-10-16-8-6-9-17(14-16)18(25)24(3)4/h6,8-9,14H,5,7,10-13,15H2,1-4H3,(H2,21,22,23). The molecule has 1 aliphatic heterocycles. The van der Waals surface area contributed by atoms with E-state index in [-0.39, 0.29) is 10.7 Å². The van der Waals surface area contributed by atoms with Gasteiger partial charge in [-0.25, -0.2) is 0 Å². The molecule has 0 aliphatic carbocycles. The highest BCUT2D eigenvalue weighted by atomic mass is 32.2. The molecule has 2 rings (SSSR count). The molecule has 6 heteroatoms. The minimum atomic E-state index is 0.0389. The molecule has 2 N–H and O–H groups in total. The van der Waals surface area contributed by atoms with Crippen molar-refractivity contribution in [3.8, 4) is 0 Å². The molecule has 1 saturated heterocycles. The number of thioether (sulfide) groups is 1. The molecule has 1 aromatic rings. The number of nitrogens with one attached hydrogen (secondary N) is 2. The first kappa shape index (κ1) is 20.6. The number of benzene rings is 1. The Balaban J connectivity index is 1.89. The fraction of sp³-hybridized carbons (Fsp3) is 0.600. The van der Waals surface area contributed by atoms with Crippen LogP contribution in [-0.2, 0) is 6.42 Å². The van der Waals surface area contributed by atoms with Gasteiger partial charge in [-0.1, -0.05) is 12.1 Å². The molecule has 0 saturated carbocycles. The first-order valence-corrected chi connectivity index (χ1v) is 10.4. The van der Waals surface area contributed by atoms with E-state index in [2.05, 4.69) is 30.5 Å². The maximum absolute atomic E-state index is 12.1. The van der Waals surface area contributed by atoms with E-state index in [4.69, 9.17) is 4.99 Å². The van der Waals surface area contributed by atoms with Gasteiger partial charge >= 0.3 is 0 Å². The number of guanidine groups is 1. The van der Waals surface area contributed by atoms with E-state index in [1.165, 1.54) is 18.6 Å². The van der Waals surface area contributed by atoms with Crippen molar-refractivity contribution in [1.29, 1.82) is 0 Å². The molecule has 5 nitrogen and oxygen atoms in total. The van der Waals surface area contributed by atoms with E-state index in [0.717, 1.165) is 43.1 Å². The van der Waals surface area contributed by atoms with Gasteiger partial charge in [0.1, 0.15) is 0 Å². The smallest absolute Gasteiger partial charge is 0.253 e. The zero-order chi connectivity index (χ0) is 19.0. The summed E-state index contributed by atoms with van der Waals surface area (Å²) in [6.45, 7) is 6.88. The van der Waals surface area contributed by atoms with Crippen LogP contribution in [-0.4, -0.2) is 61.0 Å². The molecule has 26 heavy (non-hydrogen) atoms. The fourth-order valence-electron chi connectivity index (χ4n) is 2.99. The van der Waals surface area contributed by atoms with Gasteiger partial charge < -0.3 is 15.5 Å². The summed E-state index contributed by atoms with van der Waals surface area (Å²) < 4.78 is 0.281. The highest BCUT2D eigenvalue weighted by Crippen LogP contribution is 2.37. The van der Waals surface area contributed by atoms with Crippen molar-refractivity contribution < 1.29 is 4.79 Å². The number of rotatable bonds is 7. The fourth-order valence-corrected chi connectivity index (χ4v) is 4.22. The van der Waals surface area contributed by atoms with Crippen LogP contribution in [0.4, 0.5) is 0 Å². The Bertz CT molecular complexity index is 624. The number of hydrogen-bond acceptors (Lipinski definition) is 3. The van der Waals surface area contributed by atoms with E-state index >= 15 is 0 Å². The number of hydrogen-bond donors (Lipinski definition) is 2. The number of carbonyl (C=O) groups is 1. The van der Waals surface area contributed by atoms with Crippen molar-refractivity contribution in [2.75, 3.05) is 39.5 Å². The lowest BCUT2D eigenvalue weighted by Crippen LogP contribution is -2.39. The second kappa shape index (κ2) is 9.86. The Morgan fingerprint density at radius 3 is 2.81 bits per heavy atom. The Kier molecular flexibility index (Phi) is 7.82. The quantitative estimate of drug-likeness (QED) is 0.568. The zero-order valence-electron chi connectivity index (χ0n) is 16.5. The molecule has 0 radical (unpaired) electrons. The predicted octanol–water partition coefficient (Wildman–Crippen LogP) is 2.77. The summed E-state index contributed by atoms with van der Waals surface area (Å²) in [6, 6.07) is 7.85. The minimum Gasteiger partial charge on any atom is -0.357 e. The van der Waals surface area contributed by atoms with Crippen molar-refractivity contribution in [2.24, 2.45) is 4.99 Å². The monoisotopic (exact) mass is 376 g/mol. The van der Waals surface area contributed by atoms with Gasteiger partial charge in [0.15, 0.2) is 5.96 Å². The van der Waals surface area contributed by atoms with Crippen LogP contribution in [0.2, 0.25) is 0 Å². The SMILES string of the molecule is CCNC(=NCC1(C)CCCS1)NCCc1cccc(C(=O)N(C)C)c1. The molecular formula is C20H32N4OS. The van der Waals surface area contributed by atoms with Crippen LogP contribution >= 0.6 is 11.8 Å². The Hall–Kier alpha value is -1.69. The predicted molar refractivity (Wildman–Crippen MR) is 112 cm³/mol. The van der Waals surface area contributed by atoms with E-state index in [1.807, 2.05) is 30.0 Å². The number of aliphatic imine (C=N–C) groups is 1.